The Kier molecular flexibility index (Phi) is 7.62. The molecule has 0 saturated carbocycles. The highest BCUT2D eigenvalue weighted by Gasteiger charge is 2.24. The average molecular weight is 435 g/mol. The van der Waals surface area contributed by atoms with Crippen LogP contribution in [0, 0.1) is 13.8 Å². The van der Waals surface area contributed by atoms with Crippen LogP contribution in [0.4, 0.5) is 0 Å². The zero-order valence-corrected chi connectivity index (χ0v) is 19.8. The summed E-state index contributed by atoms with van der Waals surface area (Å²) in [6, 6.07) is 14.3. The van der Waals surface area contributed by atoms with Gasteiger partial charge in [0.2, 0.25) is 0 Å². The first-order valence-corrected chi connectivity index (χ1v) is 11.2. The molecule has 0 atom stereocenters. The van der Waals surface area contributed by atoms with Gasteiger partial charge in [-0.15, -0.1) is 0 Å². The van der Waals surface area contributed by atoms with Crippen LogP contribution in [0.2, 0.25) is 0 Å². The van der Waals surface area contributed by atoms with E-state index < -0.39 is 0 Å². The molecular formula is C27H34N2O3. The van der Waals surface area contributed by atoms with Crippen molar-refractivity contribution < 1.29 is 14.3 Å². The molecule has 5 heteroatoms. The Bertz CT molecular complexity index is 1080. The predicted octanol–water partition coefficient (Wildman–Crippen LogP) is 5.47. The lowest BCUT2D eigenvalue weighted by Crippen LogP contribution is -2.14. The largest absolute Gasteiger partial charge is 0.493 e. The third kappa shape index (κ3) is 4.82. The van der Waals surface area contributed by atoms with Gasteiger partial charge < -0.3 is 19.8 Å². The van der Waals surface area contributed by atoms with Crippen molar-refractivity contribution >= 4 is 5.91 Å². The minimum Gasteiger partial charge on any atom is -0.493 e. The van der Waals surface area contributed by atoms with E-state index in [1.165, 1.54) is 11.3 Å². The number of hydrogen-bond acceptors (Lipinski definition) is 3. The molecule has 0 aliphatic carbocycles. The molecule has 0 aliphatic heterocycles. The molecule has 2 aromatic carbocycles. The van der Waals surface area contributed by atoms with E-state index in [9.17, 15) is 4.79 Å². The second kappa shape index (κ2) is 10.4. The first kappa shape index (κ1) is 23.5. The maximum atomic E-state index is 12.5. The highest BCUT2D eigenvalue weighted by Crippen LogP contribution is 2.35. The fourth-order valence-electron chi connectivity index (χ4n) is 4.31. The molecule has 3 rings (SSSR count). The maximum Gasteiger partial charge on any atom is 0.251 e. The van der Waals surface area contributed by atoms with E-state index in [-0.39, 0.29) is 5.91 Å². The number of aromatic nitrogens is 1. The summed E-state index contributed by atoms with van der Waals surface area (Å²) in [7, 11) is 3.28. The van der Waals surface area contributed by atoms with Gasteiger partial charge in [-0.05, 0) is 56.4 Å². The molecule has 0 fully saturated rings. The van der Waals surface area contributed by atoms with Crippen molar-refractivity contribution in [3.8, 4) is 22.6 Å². The van der Waals surface area contributed by atoms with Crippen molar-refractivity contribution in [1.82, 2.24) is 4.57 Å². The lowest BCUT2D eigenvalue weighted by molar-refractivity contribution is 0.1000. The van der Waals surface area contributed by atoms with E-state index in [2.05, 4.69) is 48.7 Å². The van der Waals surface area contributed by atoms with Crippen LogP contribution in [-0.4, -0.2) is 24.7 Å². The summed E-state index contributed by atoms with van der Waals surface area (Å²) in [5.74, 6) is 1.06. The van der Waals surface area contributed by atoms with Gasteiger partial charge in [0.25, 0.3) is 5.91 Å². The van der Waals surface area contributed by atoms with Crippen molar-refractivity contribution in [2.45, 2.75) is 53.0 Å². The Morgan fingerprint density at radius 3 is 2.25 bits per heavy atom. The van der Waals surface area contributed by atoms with Gasteiger partial charge in [-0.2, -0.15) is 0 Å². The molecule has 0 radical (unpaired) electrons. The van der Waals surface area contributed by atoms with Crippen LogP contribution in [0.1, 0.15) is 52.6 Å². The predicted molar refractivity (Wildman–Crippen MR) is 130 cm³/mol. The number of amides is 1. The lowest BCUT2D eigenvalue weighted by atomic mass is 9.97. The number of benzene rings is 2. The lowest BCUT2D eigenvalue weighted by Gasteiger charge is -2.14. The summed E-state index contributed by atoms with van der Waals surface area (Å²) >= 11 is 0. The van der Waals surface area contributed by atoms with Crippen molar-refractivity contribution in [2.24, 2.45) is 5.73 Å². The molecule has 0 saturated heterocycles. The molecule has 2 N–H and O–H groups in total. The molecule has 170 valence electrons. The maximum absolute atomic E-state index is 12.5. The molecule has 0 unspecified atom stereocenters. The molecule has 1 heterocycles. The van der Waals surface area contributed by atoms with E-state index in [1.54, 1.807) is 14.2 Å². The second-order valence-corrected chi connectivity index (χ2v) is 8.21. The number of nitrogens with two attached hydrogens (primary N) is 1. The molecule has 1 aromatic heterocycles. The van der Waals surface area contributed by atoms with Crippen LogP contribution in [0.25, 0.3) is 11.1 Å². The minimum atomic E-state index is -0.374. The molecule has 0 bridgehead atoms. The molecule has 3 aromatic rings. The Hall–Kier alpha value is -3.21. The number of aryl methyl sites for hydroxylation is 2. The number of primary amides is 1. The zero-order chi connectivity index (χ0) is 23.3. The average Bonchev–Trinajstić information content (AvgIpc) is 3.07. The van der Waals surface area contributed by atoms with Crippen molar-refractivity contribution in [3.63, 3.8) is 0 Å². The summed E-state index contributed by atoms with van der Waals surface area (Å²) in [5, 5.41) is 0. The first-order chi connectivity index (χ1) is 15.4. The quantitative estimate of drug-likeness (QED) is 0.460. The Labute approximate surface area is 191 Å². The summed E-state index contributed by atoms with van der Waals surface area (Å²) < 4.78 is 13.1. The molecule has 0 spiro atoms. The van der Waals surface area contributed by atoms with Crippen LogP contribution >= 0.6 is 0 Å². The monoisotopic (exact) mass is 434 g/mol. The van der Waals surface area contributed by atoms with E-state index >= 15 is 0 Å². The van der Waals surface area contributed by atoms with E-state index in [4.69, 9.17) is 15.2 Å². The van der Waals surface area contributed by atoms with Gasteiger partial charge in [-0.1, -0.05) is 49.2 Å². The molecule has 5 nitrogen and oxygen atoms in total. The minimum absolute atomic E-state index is 0.374. The van der Waals surface area contributed by atoms with Crippen molar-refractivity contribution in [2.75, 3.05) is 14.2 Å². The number of carbonyl (C=O) groups excluding carboxylic acids is 1. The fraction of sp³-hybridized carbons (Fsp3) is 0.370. The standard InChI is InChI=1S/C27H34N2O3/c1-6-7-8-22-26(21-12-9-18(2)10-13-21)25(27(28)30)19(3)29(22)16-15-20-11-14-23(31-4)24(17-20)32-5/h9-14,17H,6-8,15-16H2,1-5H3,(H2,28,30). The van der Waals surface area contributed by atoms with E-state index in [1.807, 2.05) is 19.1 Å². The summed E-state index contributed by atoms with van der Waals surface area (Å²) in [4.78, 5) is 12.5. The Balaban J connectivity index is 2.05. The third-order valence-electron chi connectivity index (χ3n) is 6.06. The molecule has 1 amide bonds. The van der Waals surface area contributed by atoms with Crippen LogP contribution in [0.3, 0.4) is 0 Å². The zero-order valence-electron chi connectivity index (χ0n) is 19.8. The topological polar surface area (TPSA) is 66.5 Å². The van der Waals surface area contributed by atoms with Gasteiger partial charge in [0.1, 0.15) is 0 Å². The van der Waals surface area contributed by atoms with Gasteiger partial charge in [0.05, 0.1) is 19.8 Å². The smallest absolute Gasteiger partial charge is 0.251 e. The van der Waals surface area contributed by atoms with Crippen LogP contribution < -0.4 is 15.2 Å². The van der Waals surface area contributed by atoms with Gasteiger partial charge in [0, 0.05) is 23.5 Å². The fourth-order valence-corrected chi connectivity index (χ4v) is 4.31. The number of methoxy groups -OCH3 is 2. The highest BCUT2D eigenvalue weighted by molar-refractivity contribution is 6.02. The molecular weight excluding hydrogens is 400 g/mol. The van der Waals surface area contributed by atoms with Gasteiger partial charge in [-0.3, -0.25) is 4.79 Å². The second-order valence-electron chi connectivity index (χ2n) is 8.21. The number of rotatable bonds is 10. The summed E-state index contributed by atoms with van der Waals surface area (Å²) in [5.41, 5.74) is 13.0. The van der Waals surface area contributed by atoms with Gasteiger partial charge in [0.15, 0.2) is 11.5 Å². The number of nitrogens with zero attached hydrogens (tertiary/aromatic N) is 1. The summed E-state index contributed by atoms with van der Waals surface area (Å²) in [6.07, 6.45) is 3.84. The Morgan fingerprint density at radius 1 is 0.969 bits per heavy atom. The number of hydrogen-bond donors (Lipinski definition) is 1. The Morgan fingerprint density at radius 2 is 1.66 bits per heavy atom. The van der Waals surface area contributed by atoms with Crippen molar-refractivity contribution in [1.29, 1.82) is 0 Å². The van der Waals surface area contributed by atoms with Crippen LogP contribution in [0.5, 0.6) is 11.5 Å². The molecule has 32 heavy (non-hydrogen) atoms. The van der Waals surface area contributed by atoms with Crippen LogP contribution in [0.15, 0.2) is 42.5 Å². The highest BCUT2D eigenvalue weighted by atomic mass is 16.5. The first-order valence-electron chi connectivity index (χ1n) is 11.2. The van der Waals surface area contributed by atoms with Gasteiger partial charge in [-0.25, -0.2) is 0 Å². The summed E-state index contributed by atoms with van der Waals surface area (Å²) in [6.45, 7) is 7.01. The SMILES string of the molecule is CCCCc1c(-c2ccc(C)cc2)c(C(N)=O)c(C)n1CCc1ccc(OC)c(OC)c1. The van der Waals surface area contributed by atoms with E-state index in [0.717, 1.165) is 66.1 Å². The number of ether oxygens (including phenoxy) is 2. The number of unbranched alkanes of at least 4 members (excludes halogenated alkanes) is 1. The van der Waals surface area contributed by atoms with Gasteiger partial charge >= 0.3 is 0 Å². The normalized spacial score (nSPS) is 10.9. The van der Waals surface area contributed by atoms with Crippen molar-refractivity contribution in [3.05, 3.63) is 70.5 Å². The van der Waals surface area contributed by atoms with Crippen LogP contribution in [-0.2, 0) is 19.4 Å². The number of carbonyl (C=O) groups is 1. The van der Waals surface area contributed by atoms with E-state index in [0.29, 0.717) is 5.56 Å². The molecule has 0 aliphatic rings. The third-order valence-corrected chi connectivity index (χ3v) is 6.06.